The van der Waals surface area contributed by atoms with E-state index in [0.717, 1.165) is 18.2 Å². The second-order valence-corrected chi connectivity index (χ2v) is 4.55. The predicted molar refractivity (Wildman–Crippen MR) is 67.5 cm³/mol. The summed E-state index contributed by atoms with van der Waals surface area (Å²) in [5.41, 5.74) is 0. The van der Waals surface area contributed by atoms with E-state index < -0.39 is 0 Å². The third kappa shape index (κ3) is 12.2. The van der Waals surface area contributed by atoms with E-state index in [4.69, 9.17) is 11.6 Å². The number of ether oxygens (including phenoxy) is 1. The molecule has 0 amide bonds. The molecule has 0 rings (SSSR count). The maximum Gasteiger partial charge on any atom is 0.306 e. The summed E-state index contributed by atoms with van der Waals surface area (Å²) < 4.78 is 4.62. The van der Waals surface area contributed by atoms with Crippen molar-refractivity contribution in [3.63, 3.8) is 0 Å². The Labute approximate surface area is 106 Å². The highest BCUT2D eigenvalue weighted by atomic mass is 79.9. The van der Waals surface area contributed by atoms with Gasteiger partial charge in [0.15, 0.2) is 6.07 Å². The van der Waals surface area contributed by atoms with E-state index in [-0.39, 0.29) is 12.0 Å². The van der Waals surface area contributed by atoms with Crippen LogP contribution < -0.4 is 0 Å². The topological polar surface area (TPSA) is 26.3 Å². The minimum atomic E-state index is -0.177. The van der Waals surface area contributed by atoms with Crippen molar-refractivity contribution in [2.24, 2.45) is 0 Å². The van der Waals surface area contributed by atoms with E-state index >= 15 is 0 Å². The van der Waals surface area contributed by atoms with Crippen LogP contribution in [0.1, 0.15) is 51.4 Å². The molecule has 0 saturated carbocycles. The van der Waals surface area contributed by atoms with Crippen LogP contribution in [0.25, 0.3) is 0 Å². The minimum Gasteiger partial charge on any atom is -0.449 e. The third-order valence-electron chi connectivity index (χ3n) is 2.23. The number of carbonyl (C=O) groups is 1. The number of halogens is 2. The Morgan fingerprint density at radius 2 is 1.53 bits per heavy atom. The molecule has 0 atom stereocenters. The number of alkyl halides is 2. The van der Waals surface area contributed by atoms with Crippen molar-refractivity contribution in [1.29, 1.82) is 0 Å². The van der Waals surface area contributed by atoms with Crippen LogP contribution in [0.4, 0.5) is 0 Å². The fourth-order valence-corrected chi connectivity index (χ4v) is 1.90. The van der Waals surface area contributed by atoms with Gasteiger partial charge in [0.25, 0.3) is 0 Å². The van der Waals surface area contributed by atoms with Crippen molar-refractivity contribution in [3.8, 4) is 0 Å². The highest BCUT2D eigenvalue weighted by Gasteiger charge is 2.00. The minimum absolute atomic E-state index is 0.0224. The van der Waals surface area contributed by atoms with Gasteiger partial charge in [-0.15, -0.1) is 0 Å². The molecule has 0 N–H and O–H groups in total. The van der Waals surface area contributed by atoms with E-state index in [1.807, 2.05) is 0 Å². The molecule has 0 aromatic carbocycles. The van der Waals surface area contributed by atoms with Gasteiger partial charge in [-0.25, -0.2) is 0 Å². The number of esters is 1. The second-order valence-electron chi connectivity index (χ2n) is 3.54. The average molecular weight is 300 g/mol. The largest absolute Gasteiger partial charge is 0.449 e. The number of hydrogen-bond acceptors (Lipinski definition) is 2. The SMILES string of the molecule is O=C(CCCCCCCCCBr)OCCl. The van der Waals surface area contributed by atoms with Crippen molar-refractivity contribution < 1.29 is 9.53 Å². The third-order valence-corrected chi connectivity index (χ3v) is 2.90. The van der Waals surface area contributed by atoms with Gasteiger partial charge in [-0.05, 0) is 12.8 Å². The fourth-order valence-electron chi connectivity index (χ4n) is 1.38. The van der Waals surface area contributed by atoms with Crippen molar-refractivity contribution in [1.82, 2.24) is 0 Å². The normalized spacial score (nSPS) is 10.3. The Morgan fingerprint density at radius 1 is 1.00 bits per heavy atom. The van der Waals surface area contributed by atoms with E-state index in [1.54, 1.807) is 0 Å². The van der Waals surface area contributed by atoms with Crippen LogP contribution in [0, 0.1) is 0 Å². The van der Waals surface area contributed by atoms with Gasteiger partial charge in [0, 0.05) is 11.8 Å². The zero-order valence-corrected chi connectivity index (χ0v) is 11.5. The highest BCUT2D eigenvalue weighted by molar-refractivity contribution is 9.09. The smallest absolute Gasteiger partial charge is 0.306 e. The molecule has 0 aliphatic heterocycles. The summed E-state index contributed by atoms with van der Waals surface area (Å²) in [4.78, 5) is 10.9. The molecule has 15 heavy (non-hydrogen) atoms. The average Bonchev–Trinajstić information content (AvgIpc) is 2.22. The number of carbonyl (C=O) groups excluding carboxylic acids is 1. The number of hydrogen-bond donors (Lipinski definition) is 0. The molecule has 2 nitrogen and oxygen atoms in total. The van der Waals surface area contributed by atoms with Crippen molar-refractivity contribution in [2.45, 2.75) is 51.4 Å². The van der Waals surface area contributed by atoms with Gasteiger partial charge in [0.1, 0.15) is 0 Å². The standard InChI is InChI=1S/C11H20BrClO2/c12-9-7-5-3-1-2-4-6-8-11(14)15-10-13/h1-10H2. The molecule has 0 spiro atoms. The Morgan fingerprint density at radius 3 is 2.07 bits per heavy atom. The molecule has 0 radical (unpaired) electrons. The lowest BCUT2D eigenvalue weighted by Crippen LogP contribution is -2.01. The van der Waals surface area contributed by atoms with Gasteiger partial charge in [0.2, 0.25) is 0 Å². The first-order valence-electron chi connectivity index (χ1n) is 5.58. The first-order chi connectivity index (χ1) is 7.31. The Balaban J connectivity index is 3.01. The molecular weight excluding hydrogens is 279 g/mol. The molecular formula is C11H20BrClO2. The van der Waals surface area contributed by atoms with Crippen LogP contribution in [0.2, 0.25) is 0 Å². The molecule has 0 bridgehead atoms. The second kappa shape index (κ2) is 12.3. The van der Waals surface area contributed by atoms with Crippen LogP contribution in [-0.2, 0) is 9.53 Å². The molecule has 0 fully saturated rings. The molecule has 0 aromatic rings. The van der Waals surface area contributed by atoms with E-state index in [2.05, 4.69) is 20.7 Å². The van der Waals surface area contributed by atoms with Crippen LogP contribution >= 0.6 is 27.5 Å². The van der Waals surface area contributed by atoms with Gasteiger partial charge in [0.05, 0.1) is 0 Å². The van der Waals surface area contributed by atoms with Gasteiger partial charge in [-0.1, -0.05) is 59.6 Å². The van der Waals surface area contributed by atoms with Gasteiger partial charge >= 0.3 is 5.97 Å². The molecule has 90 valence electrons. The zero-order valence-electron chi connectivity index (χ0n) is 9.14. The monoisotopic (exact) mass is 298 g/mol. The van der Waals surface area contributed by atoms with Crippen molar-refractivity contribution >= 4 is 33.5 Å². The predicted octanol–water partition coefficient (Wildman–Crippen LogP) is 4.24. The Kier molecular flexibility index (Phi) is 12.5. The van der Waals surface area contributed by atoms with Gasteiger partial charge in [-0.2, -0.15) is 0 Å². The molecule has 0 aliphatic carbocycles. The highest BCUT2D eigenvalue weighted by Crippen LogP contribution is 2.09. The van der Waals surface area contributed by atoms with E-state index in [9.17, 15) is 4.79 Å². The lowest BCUT2D eigenvalue weighted by molar-refractivity contribution is -0.141. The first kappa shape index (κ1) is 15.2. The number of unbranched alkanes of at least 4 members (excludes halogenated alkanes) is 6. The Bertz CT molecular complexity index is 154. The maximum atomic E-state index is 10.9. The maximum absolute atomic E-state index is 10.9. The summed E-state index contributed by atoms with van der Waals surface area (Å²) in [6.07, 6.45) is 8.92. The summed E-state index contributed by atoms with van der Waals surface area (Å²) in [7, 11) is 0. The molecule has 4 heteroatoms. The Hall–Kier alpha value is 0.240. The van der Waals surface area contributed by atoms with Crippen LogP contribution in [-0.4, -0.2) is 17.4 Å². The molecule has 0 aromatic heterocycles. The first-order valence-corrected chi connectivity index (χ1v) is 7.24. The van der Waals surface area contributed by atoms with Gasteiger partial charge < -0.3 is 4.74 Å². The van der Waals surface area contributed by atoms with Crippen LogP contribution in [0.5, 0.6) is 0 Å². The summed E-state index contributed by atoms with van der Waals surface area (Å²) in [6, 6.07) is -0.0224. The lowest BCUT2D eigenvalue weighted by Gasteiger charge is -2.01. The fraction of sp³-hybridized carbons (Fsp3) is 0.909. The lowest BCUT2D eigenvalue weighted by atomic mass is 10.1. The summed E-state index contributed by atoms with van der Waals surface area (Å²) in [6.45, 7) is 0. The number of rotatable bonds is 10. The summed E-state index contributed by atoms with van der Waals surface area (Å²) in [5.74, 6) is -0.177. The summed E-state index contributed by atoms with van der Waals surface area (Å²) >= 11 is 8.67. The van der Waals surface area contributed by atoms with Crippen LogP contribution in [0.15, 0.2) is 0 Å². The van der Waals surface area contributed by atoms with E-state index in [1.165, 1.54) is 32.1 Å². The van der Waals surface area contributed by atoms with Crippen molar-refractivity contribution in [2.75, 3.05) is 11.4 Å². The van der Waals surface area contributed by atoms with Crippen molar-refractivity contribution in [3.05, 3.63) is 0 Å². The molecule has 0 saturated heterocycles. The van der Waals surface area contributed by atoms with Gasteiger partial charge in [-0.3, -0.25) is 4.79 Å². The van der Waals surface area contributed by atoms with Crippen LogP contribution in [0.3, 0.4) is 0 Å². The summed E-state index contributed by atoms with van der Waals surface area (Å²) in [5, 5.41) is 1.11. The zero-order chi connectivity index (χ0) is 11.4. The molecule has 0 unspecified atom stereocenters. The quantitative estimate of drug-likeness (QED) is 0.342. The molecule has 0 aliphatic rings. The van der Waals surface area contributed by atoms with E-state index in [0.29, 0.717) is 6.42 Å². The molecule has 0 heterocycles.